The van der Waals surface area contributed by atoms with E-state index in [0.29, 0.717) is 23.0 Å². The fourth-order valence-corrected chi connectivity index (χ4v) is 6.95. The van der Waals surface area contributed by atoms with Crippen LogP contribution in [0.25, 0.3) is 0 Å². The quantitative estimate of drug-likeness (QED) is 0.0857. The molecule has 0 aromatic heterocycles. The fraction of sp³-hybridized carbons (Fsp3) is 0.234. The summed E-state index contributed by atoms with van der Waals surface area (Å²) in [6.45, 7) is -1.06. The molecule has 8 nitrogen and oxygen atoms in total. The number of aliphatic hydroxyl groups is 2. The van der Waals surface area contributed by atoms with Gasteiger partial charge < -0.3 is 38.6 Å². The van der Waals surface area contributed by atoms with E-state index in [0.717, 1.165) is 33.4 Å². The third kappa shape index (κ3) is 7.95. The van der Waals surface area contributed by atoms with Gasteiger partial charge in [-0.25, -0.2) is 0 Å². The number of hydrogen-bond acceptors (Lipinski definition) is 8. The molecule has 0 saturated heterocycles. The second-order valence-electron chi connectivity index (χ2n) is 13.4. The molecule has 284 valence electrons. The predicted molar refractivity (Wildman–Crippen MR) is 213 cm³/mol. The van der Waals surface area contributed by atoms with Crippen molar-refractivity contribution in [1.82, 2.24) is 0 Å². The standard InChI is InChI=1S/C47H48O8/c1-50-41-23-15-37(16-24-41)46(35-11-7-5-8-12-35,38-17-25-42(51-2)26-18-38)54-33-45(31-48,32-49)34-55-47(36-13-9-6-10-14-36,39-19-27-43(52-3)28-20-39)40-21-29-44(53-4)30-22-40/h5-30,48-49H,31-34H2,1-4H3. The van der Waals surface area contributed by atoms with Crippen LogP contribution in [0.1, 0.15) is 33.4 Å². The molecule has 6 rings (SSSR count). The van der Waals surface area contributed by atoms with Crippen LogP contribution < -0.4 is 18.9 Å². The van der Waals surface area contributed by atoms with Gasteiger partial charge in [-0.1, -0.05) is 109 Å². The van der Waals surface area contributed by atoms with Gasteiger partial charge in [-0.05, 0) is 81.9 Å². The molecule has 0 saturated carbocycles. The van der Waals surface area contributed by atoms with Gasteiger partial charge in [-0.3, -0.25) is 0 Å². The number of ether oxygens (including phenoxy) is 6. The lowest BCUT2D eigenvalue weighted by atomic mass is 9.79. The molecular formula is C47H48O8. The van der Waals surface area contributed by atoms with Crippen LogP contribution in [0, 0.1) is 5.41 Å². The van der Waals surface area contributed by atoms with Crippen molar-refractivity contribution >= 4 is 0 Å². The Kier molecular flexibility index (Phi) is 12.5. The molecule has 55 heavy (non-hydrogen) atoms. The second kappa shape index (κ2) is 17.7. The van der Waals surface area contributed by atoms with E-state index in [2.05, 4.69) is 0 Å². The van der Waals surface area contributed by atoms with Crippen molar-refractivity contribution in [1.29, 1.82) is 0 Å². The first-order chi connectivity index (χ1) is 26.9. The largest absolute Gasteiger partial charge is 0.497 e. The van der Waals surface area contributed by atoms with E-state index in [1.54, 1.807) is 28.4 Å². The van der Waals surface area contributed by atoms with E-state index in [-0.39, 0.29) is 13.2 Å². The smallest absolute Gasteiger partial charge is 0.143 e. The Hall–Kier alpha value is -5.64. The van der Waals surface area contributed by atoms with E-state index in [4.69, 9.17) is 28.4 Å². The highest BCUT2D eigenvalue weighted by molar-refractivity contribution is 5.51. The molecule has 0 aliphatic rings. The molecule has 0 atom stereocenters. The van der Waals surface area contributed by atoms with Crippen molar-refractivity contribution < 1.29 is 38.6 Å². The zero-order valence-corrected chi connectivity index (χ0v) is 31.7. The summed E-state index contributed by atoms with van der Waals surface area (Å²) in [6.07, 6.45) is 0. The maximum Gasteiger partial charge on any atom is 0.143 e. The van der Waals surface area contributed by atoms with E-state index in [1.165, 1.54) is 0 Å². The minimum atomic E-state index is -1.28. The third-order valence-electron chi connectivity index (χ3n) is 10.2. The first-order valence-electron chi connectivity index (χ1n) is 18.1. The Morgan fingerprint density at radius 1 is 0.345 bits per heavy atom. The topological polar surface area (TPSA) is 95.8 Å². The Balaban J connectivity index is 1.48. The van der Waals surface area contributed by atoms with Gasteiger partial charge in [0.15, 0.2) is 0 Å². The van der Waals surface area contributed by atoms with Gasteiger partial charge in [0.25, 0.3) is 0 Å². The van der Waals surface area contributed by atoms with Crippen LogP contribution in [-0.4, -0.2) is 65.1 Å². The van der Waals surface area contributed by atoms with Gasteiger partial charge in [0.05, 0.1) is 60.3 Å². The van der Waals surface area contributed by atoms with Crippen LogP contribution in [0.4, 0.5) is 0 Å². The molecule has 2 N–H and O–H groups in total. The first-order valence-corrected chi connectivity index (χ1v) is 18.1. The zero-order chi connectivity index (χ0) is 38.7. The predicted octanol–water partition coefficient (Wildman–Crippen LogP) is 8.01. The molecule has 0 unspecified atom stereocenters. The summed E-state index contributed by atoms with van der Waals surface area (Å²) in [6, 6.07) is 50.8. The minimum Gasteiger partial charge on any atom is -0.497 e. The first kappa shape index (κ1) is 39.1. The van der Waals surface area contributed by atoms with Gasteiger partial charge in [0, 0.05) is 0 Å². The second-order valence-corrected chi connectivity index (χ2v) is 13.4. The molecule has 0 heterocycles. The van der Waals surface area contributed by atoms with Gasteiger partial charge in [0.1, 0.15) is 34.2 Å². The number of benzene rings is 6. The summed E-state index contributed by atoms with van der Waals surface area (Å²) in [5, 5.41) is 22.6. The van der Waals surface area contributed by atoms with Crippen LogP contribution in [0.15, 0.2) is 158 Å². The van der Waals surface area contributed by atoms with Crippen LogP contribution in [-0.2, 0) is 20.7 Å². The summed E-state index contributed by atoms with van der Waals surface area (Å²) < 4.78 is 36.5. The Morgan fingerprint density at radius 3 is 0.800 bits per heavy atom. The zero-order valence-electron chi connectivity index (χ0n) is 31.7. The normalized spacial score (nSPS) is 11.9. The van der Waals surface area contributed by atoms with Gasteiger partial charge in [-0.15, -0.1) is 0 Å². The van der Waals surface area contributed by atoms with Crippen LogP contribution in [0.3, 0.4) is 0 Å². The van der Waals surface area contributed by atoms with E-state index >= 15 is 0 Å². The number of methoxy groups -OCH3 is 4. The van der Waals surface area contributed by atoms with E-state index in [1.807, 2.05) is 158 Å². The Morgan fingerprint density at radius 2 is 0.582 bits per heavy atom. The molecule has 0 aliphatic carbocycles. The van der Waals surface area contributed by atoms with E-state index in [9.17, 15) is 10.2 Å². The van der Waals surface area contributed by atoms with Crippen LogP contribution in [0.2, 0.25) is 0 Å². The lowest BCUT2D eigenvalue weighted by molar-refractivity contribution is -0.130. The Bertz CT molecular complexity index is 1800. The van der Waals surface area contributed by atoms with Crippen LogP contribution in [0.5, 0.6) is 23.0 Å². The molecule has 0 bridgehead atoms. The highest BCUT2D eigenvalue weighted by atomic mass is 16.5. The van der Waals surface area contributed by atoms with Crippen molar-refractivity contribution in [3.05, 3.63) is 191 Å². The van der Waals surface area contributed by atoms with E-state index < -0.39 is 29.8 Å². The molecule has 0 radical (unpaired) electrons. The fourth-order valence-electron chi connectivity index (χ4n) is 6.95. The third-order valence-corrected chi connectivity index (χ3v) is 10.2. The van der Waals surface area contributed by atoms with Gasteiger partial charge in [-0.2, -0.15) is 0 Å². The molecule has 0 spiro atoms. The van der Waals surface area contributed by atoms with Crippen molar-refractivity contribution in [2.24, 2.45) is 5.41 Å². The Labute approximate surface area is 323 Å². The summed E-state index contributed by atoms with van der Waals surface area (Å²) in [5.41, 5.74) is 1.36. The van der Waals surface area contributed by atoms with Crippen molar-refractivity contribution in [2.45, 2.75) is 11.2 Å². The molecule has 0 aliphatic heterocycles. The highest BCUT2D eigenvalue weighted by Crippen LogP contribution is 2.45. The molecule has 6 aromatic carbocycles. The number of hydrogen-bond donors (Lipinski definition) is 2. The van der Waals surface area contributed by atoms with Crippen molar-refractivity contribution in [3.63, 3.8) is 0 Å². The number of aliphatic hydroxyl groups excluding tert-OH is 2. The lowest BCUT2D eigenvalue weighted by Gasteiger charge is -2.42. The molecule has 0 amide bonds. The monoisotopic (exact) mass is 740 g/mol. The van der Waals surface area contributed by atoms with Crippen LogP contribution >= 0.6 is 0 Å². The summed E-state index contributed by atoms with van der Waals surface area (Å²) in [7, 11) is 6.51. The molecule has 0 fully saturated rings. The minimum absolute atomic E-state index is 0.0942. The average Bonchev–Trinajstić information content (AvgIpc) is 3.27. The lowest BCUT2D eigenvalue weighted by Crippen LogP contribution is -2.46. The van der Waals surface area contributed by atoms with Crippen molar-refractivity contribution in [2.75, 3.05) is 54.9 Å². The highest BCUT2D eigenvalue weighted by Gasteiger charge is 2.45. The molecule has 6 aromatic rings. The molecule has 8 heteroatoms. The summed E-state index contributed by atoms with van der Waals surface area (Å²) in [4.78, 5) is 0. The SMILES string of the molecule is COc1ccc(C(OCC(CO)(CO)COC(c2ccccc2)(c2ccc(OC)cc2)c2ccc(OC)cc2)(c2ccccc2)c2ccc(OC)cc2)cc1. The van der Waals surface area contributed by atoms with Gasteiger partial charge >= 0.3 is 0 Å². The van der Waals surface area contributed by atoms with Crippen molar-refractivity contribution in [3.8, 4) is 23.0 Å². The maximum absolute atomic E-state index is 11.3. The van der Waals surface area contributed by atoms with Gasteiger partial charge in [0.2, 0.25) is 0 Å². The maximum atomic E-state index is 11.3. The molecular weight excluding hydrogens is 693 g/mol. The number of rotatable bonds is 18. The average molecular weight is 741 g/mol. The summed E-state index contributed by atoms with van der Waals surface area (Å²) in [5.74, 6) is 2.79. The summed E-state index contributed by atoms with van der Waals surface area (Å²) >= 11 is 0.